The second-order valence-electron chi connectivity index (χ2n) is 6.89. The average molecular weight is 419 g/mol. The number of hydrogen-bond acceptors (Lipinski definition) is 6. The SMILES string of the molecule is CCc1ccc(C[C@@H]2S/C(=N\N=C/c3ccncc3)N(Cc3ccco3)C2=O)cc1. The number of thioether (sulfide) groups is 1. The lowest BCUT2D eigenvalue weighted by atomic mass is 10.1. The largest absolute Gasteiger partial charge is 0.467 e. The molecule has 1 aliphatic rings. The van der Waals surface area contributed by atoms with Gasteiger partial charge in [0.05, 0.1) is 24.3 Å². The fourth-order valence-electron chi connectivity index (χ4n) is 3.14. The maximum atomic E-state index is 13.1. The fraction of sp³-hybridized carbons (Fsp3) is 0.217. The Balaban J connectivity index is 1.53. The maximum Gasteiger partial charge on any atom is 0.242 e. The Morgan fingerprint density at radius 2 is 1.90 bits per heavy atom. The summed E-state index contributed by atoms with van der Waals surface area (Å²) in [4.78, 5) is 18.8. The Morgan fingerprint density at radius 3 is 2.60 bits per heavy atom. The molecule has 1 fully saturated rings. The number of amides is 1. The molecule has 1 amide bonds. The molecule has 0 radical (unpaired) electrons. The van der Waals surface area contributed by atoms with Gasteiger partial charge in [0.2, 0.25) is 5.91 Å². The standard InChI is InChI=1S/C23H22N4O2S/c1-2-17-5-7-18(8-6-17)14-21-22(28)27(16-20-4-3-13-29-20)23(30-21)26-25-15-19-9-11-24-12-10-19/h3-13,15,21H,2,14,16H2,1H3/b25-15-,26-23-/t21-/m0/s1. The van der Waals surface area contributed by atoms with Crippen LogP contribution in [0.25, 0.3) is 0 Å². The lowest BCUT2D eigenvalue weighted by molar-refractivity contribution is -0.126. The third-order valence-electron chi connectivity index (χ3n) is 4.82. The zero-order valence-corrected chi connectivity index (χ0v) is 17.5. The zero-order valence-electron chi connectivity index (χ0n) is 16.6. The first-order chi connectivity index (χ1) is 14.7. The smallest absolute Gasteiger partial charge is 0.242 e. The molecular weight excluding hydrogens is 396 g/mol. The number of hydrogen-bond donors (Lipinski definition) is 0. The van der Waals surface area contributed by atoms with Crippen LogP contribution in [0.5, 0.6) is 0 Å². The number of rotatable bonds is 7. The van der Waals surface area contributed by atoms with Crippen LogP contribution < -0.4 is 0 Å². The quantitative estimate of drug-likeness (QED) is 0.423. The van der Waals surface area contributed by atoms with Crippen LogP contribution in [0.2, 0.25) is 0 Å². The van der Waals surface area contributed by atoms with E-state index in [-0.39, 0.29) is 11.2 Å². The van der Waals surface area contributed by atoms with Gasteiger partial charge in [-0.3, -0.25) is 14.7 Å². The number of carbonyl (C=O) groups excluding carboxylic acids is 1. The molecule has 0 N–H and O–H groups in total. The molecule has 0 bridgehead atoms. The number of nitrogens with zero attached hydrogens (tertiary/aromatic N) is 4. The van der Waals surface area contributed by atoms with Crippen molar-refractivity contribution in [3.8, 4) is 0 Å². The van der Waals surface area contributed by atoms with Crippen molar-refractivity contribution in [3.05, 3.63) is 89.6 Å². The summed E-state index contributed by atoms with van der Waals surface area (Å²) in [5.41, 5.74) is 3.32. The Bertz CT molecular complexity index is 1030. The third kappa shape index (κ3) is 4.86. The summed E-state index contributed by atoms with van der Waals surface area (Å²) in [6.07, 6.45) is 8.31. The highest BCUT2D eigenvalue weighted by Crippen LogP contribution is 2.31. The molecule has 1 atom stereocenters. The molecule has 2 aromatic heterocycles. The van der Waals surface area contributed by atoms with Gasteiger partial charge in [-0.15, -0.1) is 5.10 Å². The average Bonchev–Trinajstić information content (AvgIpc) is 3.39. The number of furan rings is 1. The van der Waals surface area contributed by atoms with E-state index in [2.05, 4.69) is 46.4 Å². The minimum Gasteiger partial charge on any atom is -0.467 e. The van der Waals surface area contributed by atoms with Crippen molar-refractivity contribution < 1.29 is 9.21 Å². The van der Waals surface area contributed by atoms with E-state index >= 15 is 0 Å². The van der Waals surface area contributed by atoms with E-state index in [1.165, 1.54) is 17.3 Å². The molecule has 1 saturated heterocycles. The molecular formula is C23H22N4O2S. The van der Waals surface area contributed by atoms with Crippen molar-refractivity contribution in [3.63, 3.8) is 0 Å². The van der Waals surface area contributed by atoms with Gasteiger partial charge in [-0.2, -0.15) is 5.10 Å². The molecule has 30 heavy (non-hydrogen) atoms. The van der Waals surface area contributed by atoms with Crippen LogP contribution in [0.3, 0.4) is 0 Å². The first-order valence-corrected chi connectivity index (χ1v) is 10.7. The Kier molecular flexibility index (Phi) is 6.39. The van der Waals surface area contributed by atoms with E-state index < -0.39 is 0 Å². The van der Waals surface area contributed by atoms with Crippen molar-refractivity contribution >= 4 is 29.1 Å². The summed E-state index contributed by atoms with van der Waals surface area (Å²) in [6.45, 7) is 2.47. The normalized spacial score (nSPS) is 18.0. The number of benzene rings is 1. The van der Waals surface area contributed by atoms with Crippen LogP contribution in [0.1, 0.15) is 29.4 Å². The molecule has 3 aromatic rings. The second kappa shape index (κ2) is 9.54. The Labute approximate surface area is 179 Å². The summed E-state index contributed by atoms with van der Waals surface area (Å²) >= 11 is 1.45. The van der Waals surface area contributed by atoms with Crippen LogP contribution in [-0.4, -0.2) is 32.4 Å². The minimum absolute atomic E-state index is 0.0221. The van der Waals surface area contributed by atoms with Gasteiger partial charge in [-0.1, -0.05) is 43.0 Å². The number of aromatic nitrogens is 1. The van der Waals surface area contributed by atoms with E-state index in [1.807, 2.05) is 24.3 Å². The number of pyridine rings is 1. The van der Waals surface area contributed by atoms with Crippen LogP contribution in [0.4, 0.5) is 0 Å². The van der Waals surface area contributed by atoms with Gasteiger partial charge in [-0.05, 0) is 53.8 Å². The summed E-state index contributed by atoms with van der Waals surface area (Å²) in [7, 11) is 0. The topological polar surface area (TPSA) is 71.1 Å². The maximum absolute atomic E-state index is 13.1. The van der Waals surface area contributed by atoms with Gasteiger partial charge in [0.1, 0.15) is 5.76 Å². The van der Waals surface area contributed by atoms with E-state index in [9.17, 15) is 4.79 Å². The van der Waals surface area contributed by atoms with Crippen molar-refractivity contribution in [2.75, 3.05) is 0 Å². The van der Waals surface area contributed by atoms with Crippen LogP contribution in [0, 0.1) is 0 Å². The highest BCUT2D eigenvalue weighted by Gasteiger charge is 2.38. The van der Waals surface area contributed by atoms with Crippen molar-refractivity contribution in [1.82, 2.24) is 9.88 Å². The fourth-order valence-corrected chi connectivity index (χ4v) is 4.27. The molecule has 152 valence electrons. The van der Waals surface area contributed by atoms with E-state index in [1.54, 1.807) is 29.8 Å². The van der Waals surface area contributed by atoms with E-state index in [0.29, 0.717) is 23.9 Å². The van der Waals surface area contributed by atoms with Gasteiger partial charge >= 0.3 is 0 Å². The first-order valence-electron chi connectivity index (χ1n) is 9.82. The number of carbonyl (C=O) groups is 1. The van der Waals surface area contributed by atoms with Crippen LogP contribution in [0.15, 0.2) is 81.8 Å². The summed E-state index contributed by atoms with van der Waals surface area (Å²) in [5, 5.41) is 8.88. The van der Waals surface area contributed by atoms with Gasteiger partial charge in [0.15, 0.2) is 5.17 Å². The summed E-state index contributed by atoms with van der Waals surface area (Å²) < 4.78 is 5.44. The lowest BCUT2D eigenvalue weighted by Crippen LogP contribution is -2.32. The number of aryl methyl sites for hydroxylation is 1. The first kappa shape index (κ1) is 20.1. The minimum atomic E-state index is -0.234. The molecule has 4 rings (SSSR count). The van der Waals surface area contributed by atoms with E-state index in [0.717, 1.165) is 17.5 Å². The number of amidine groups is 1. The van der Waals surface area contributed by atoms with Crippen LogP contribution >= 0.6 is 11.8 Å². The summed E-state index contributed by atoms with van der Waals surface area (Å²) in [6, 6.07) is 15.8. The van der Waals surface area contributed by atoms with Gasteiger partial charge < -0.3 is 4.42 Å². The van der Waals surface area contributed by atoms with Gasteiger partial charge in [0, 0.05) is 12.4 Å². The van der Waals surface area contributed by atoms with Gasteiger partial charge in [-0.25, -0.2) is 0 Å². The molecule has 0 unspecified atom stereocenters. The molecule has 0 aliphatic carbocycles. The van der Waals surface area contributed by atoms with E-state index in [4.69, 9.17) is 4.42 Å². The Hall–Kier alpha value is -3.19. The molecule has 6 nitrogen and oxygen atoms in total. The molecule has 1 aromatic carbocycles. The van der Waals surface area contributed by atoms with Crippen LogP contribution in [-0.2, 0) is 24.2 Å². The predicted molar refractivity (Wildman–Crippen MR) is 119 cm³/mol. The highest BCUT2D eigenvalue weighted by molar-refractivity contribution is 8.15. The second-order valence-corrected chi connectivity index (χ2v) is 8.06. The van der Waals surface area contributed by atoms with Crippen molar-refractivity contribution in [2.45, 2.75) is 31.6 Å². The summed E-state index contributed by atoms with van der Waals surface area (Å²) in [5.74, 6) is 0.733. The predicted octanol–water partition coefficient (Wildman–Crippen LogP) is 4.31. The molecule has 7 heteroatoms. The molecule has 0 saturated carbocycles. The van der Waals surface area contributed by atoms with Crippen molar-refractivity contribution in [2.24, 2.45) is 10.2 Å². The monoisotopic (exact) mass is 418 g/mol. The molecule has 0 spiro atoms. The molecule has 1 aliphatic heterocycles. The Morgan fingerprint density at radius 1 is 1.13 bits per heavy atom. The highest BCUT2D eigenvalue weighted by atomic mass is 32.2. The van der Waals surface area contributed by atoms with Crippen molar-refractivity contribution in [1.29, 1.82) is 0 Å². The molecule has 3 heterocycles. The lowest BCUT2D eigenvalue weighted by Gasteiger charge is -2.14. The zero-order chi connectivity index (χ0) is 20.8. The third-order valence-corrected chi connectivity index (χ3v) is 5.99. The van der Waals surface area contributed by atoms with Gasteiger partial charge in [0.25, 0.3) is 0 Å².